The Balaban J connectivity index is 2.02. The molecule has 0 unspecified atom stereocenters. The number of halogens is 2. The van der Waals surface area contributed by atoms with Crippen LogP contribution in [-0.4, -0.2) is 27.7 Å². The van der Waals surface area contributed by atoms with Gasteiger partial charge in [-0.15, -0.1) is 0 Å². The third-order valence-corrected chi connectivity index (χ3v) is 3.95. The van der Waals surface area contributed by atoms with Crippen LogP contribution >= 0.6 is 23.8 Å². The maximum Gasteiger partial charge on any atom is 0.216 e. The van der Waals surface area contributed by atoms with Crippen LogP contribution in [0.1, 0.15) is 12.5 Å². The summed E-state index contributed by atoms with van der Waals surface area (Å²) in [5.41, 5.74) is 0.941. The minimum absolute atomic E-state index is 0.182. The van der Waals surface area contributed by atoms with Crippen LogP contribution in [-0.2, 0) is 0 Å². The van der Waals surface area contributed by atoms with Gasteiger partial charge in [-0.25, -0.2) is 9.49 Å². The molecular formula is C17H14ClFN4OS. The molecule has 128 valence electrons. The Morgan fingerprint density at radius 2 is 2.16 bits per heavy atom. The molecule has 0 bridgehead atoms. The average molecular weight is 377 g/mol. The Labute approximate surface area is 153 Å². The molecule has 0 fully saturated rings. The summed E-state index contributed by atoms with van der Waals surface area (Å²) >= 11 is 11.2. The maximum atomic E-state index is 13.9. The number of rotatable bonds is 5. The summed E-state index contributed by atoms with van der Waals surface area (Å²) in [5.74, 6) is 0.725. The van der Waals surface area contributed by atoms with Gasteiger partial charge in [0.15, 0.2) is 5.82 Å². The van der Waals surface area contributed by atoms with Crippen molar-refractivity contribution in [2.24, 2.45) is 5.10 Å². The lowest BCUT2D eigenvalue weighted by atomic mass is 10.2. The van der Waals surface area contributed by atoms with Gasteiger partial charge in [0.05, 0.1) is 17.8 Å². The lowest BCUT2D eigenvalue weighted by Crippen LogP contribution is -1.98. The van der Waals surface area contributed by atoms with Gasteiger partial charge >= 0.3 is 0 Å². The van der Waals surface area contributed by atoms with E-state index in [4.69, 9.17) is 28.6 Å². The second-order valence-corrected chi connectivity index (χ2v) is 5.80. The van der Waals surface area contributed by atoms with E-state index in [1.165, 1.54) is 23.0 Å². The Hall–Kier alpha value is -2.51. The Morgan fingerprint density at radius 1 is 1.36 bits per heavy atom. The van der Waals surface area contributed by atoms with E-state index < -0.39 is 5.82 Å². The Morgan fingerprint density at radius 3 is 2.92 bits per heavy atom. The van der Waals surface area contributed by atoms with Crippen LogP contribution in [0.2, 0.25) is 5.02 Å². The topological polar surface area (TPSA) is 55.2 Å². The van der Waals surface area contributed by atoms with Gasteiger partial charge in [-0.05, 0) is 43.4 Å². The van der Waals surface area contributed by atoms with Gasteiger partial charge in [0.2, 0.25) is 4.77 Å². The summed E-state index contributed by atoms with van der Waals surface area (Å²) in [5, 5.41) is 11.4. The fourth-order valence-electron chi connectivity index (χ4n) is 2.23. The van der Waals surface area contributed by atoms with Crippen molar-refractivity contribution in [3.05, 3.63) is 63.6 Å². The van der Waals surface area contributed by atoms with E-state index in [-0.39, 0.29) is 15.4 Å². The van der Waals surface area contributed by atoms with Crippen molar-refractivity contribution >= 4 is 30.0 Å². The number of aromatic nitrogens is 3. The van der Waals surface area contributed by atoms with Crippen molar-refractivity contribution in [2.45, 2.75) is 6.92 Å². The van der Waals surface area contributed by atoms with Gasteiger partial charge in [0, 0.05) is 11.1 Å². The fraction of sp³-hybridized carbons (Fsp3) is 0.118. The first-order valence-corrected chi connectivity index (χ1v) is 8.27. The molecule has 0 spiro atoms. The molecule has 1 aromatic heterocycles. The summed E-state index contributed by atoms with van der Waals surface area (Å²) in [6.45, 7) is 2.46. The van der Waals surface area contributed by atoms with Gasteiger partial charge < -0.3 is 4.74 Å². The number of hydrogen-bond acceptors (Lipinski definition) is 4. The minimum Gasteiger partial charge on any atom is -0.494 e. The van der Waals surface area contributed by atoms with E-state index >= 15 is 0 Å². The molecule has 8 heteroatoms. The van der Waals surface area contributed by atoms with Gasteiger partial charge in [0.1, 0.15) is 11.6 Å². The highest BCUT2D eigenvalue weighted by Gasteiger charge is 2.10. The third kappa shape index (κ3) is 3.78. The van der Waals surface area contributed by atoms with Crippen LogP contribution < -0.4 is 4.74 Å². The summed E-state index contributed by atoms with van der Waals surface area (Å²) in [7, 11) is 0. The van der Waals surface area contributed by atoms with Crippen LogP contribution in [0.15, 0.2) is 47.6 Å². The number of ether oxygens (including phenoxy) is 1. The standard InChI is InChI=1S/C17H14ClFN4OS/c1-2-24-12-6-3-5-11(9-12)16-21-22-17(25)23(16)20-10-13-14(18)7-4-8-15(13)19/h3-10H,2H2,1H3,(H,22,25). The molecule has 0 saturated heterocycles. The van der Waals surface area contributed by atoms with E-state index in [0.29, 0.717) is 18.2 Å². The molecule has 0 radical (unpaired) electrons. The number of benzene rings is 2. The van der Waals surface area contributed by atoms with Crippen LogP contribution in [0.4, 0.5) is 4.39 Å². The predicted molar refractivity (Wildman–Crippen MR) is 98.4 cm³/mol. The summed E-state index contributed by atoms with van der Waals surface area (Å²) < 4.78 is 21.1. The third-order valence-electron chi connectivity index (χ3n) is 3.36. The van der Waals surface area contributed by atoms with E-state index in [9.17, 15) is 4.39 Å². The van der Waals surface area contributed by atoms with E-state index in [1.807, 2.05) is 31.2 Å². The molecule has 5 nitrogen and oxygen atoms in total. The van der Waals surface area contributed by atoms with Crippen LogP contribution in [0.3, 0.4) is 0 Å². The first-order valence-electron chi connectivity index (χ1n) is 7.49. The quantitative estimate of drug-likeness (QED) is 0.519. The van der Waals surface area contributed by atoms with E-state index in [1.54, 1.807) is 6.07 Å². The largest absolute Gasteiger partial charge is 0.494 e. The number of nitrogens with one attached hydrogen (secondary N) is 1. The van der Waals surface area contributed by atoms with Crippen molar-refractivity contribution in [1.29, 1.82) is 0 Å². The molecule has 0 aliphatic carbocycles. The summed E-state index contributed by atoms with van der Waals surface area (Å²) in [6, 6.07) is 11.8. The molecule has 2 aromatic carbocycles. The second-order valence-electron chi connectivity index (χ2n) is 5.00. The summed E-state index contributed by atoms with van der Waals surface area (Å²) in [4.78, 5) is 0. The zero-order chi connectivity index (χ0) is 17.8. The van der Waals surface area contributed by atoms with E-state index in [2.05, 4.69) is 15.3 Å². The van der Waals surface area contributed by atoms with Crippen LogP contribution in [0.5, 0.6) is 5.75 Å². The number of aromatic amines is 1. The van der Waals surface area contributed by atoms with Gasteiger partial charge in [0.25, 0.3) is 0 Å². The highest BCUT2D eigenvalue weighted by molar-refractivity contribution is 7.71. The lowest BCUT2D eigenvalue weighted by molar-refractivity contribution is 0.340. The molecule has 0 amide bonds. The van der Waals surface area contributed by atoms with Crippen molar-refractivity contribution in [1.82, 2.24) is 14.9 Å². The first-order chi connectivity index (χ1) is 12.1. The van der Waals surface area contributed by atoms with Crippen LogP contribution in [0.25, 0.3) is 11.4 Å². The fourth-order valence-corrected chi connectivity index (χ4v) is 2.62. The second kappa shape index (κ2) is 7.58. The highest BCUT2D eigenvalue weighted by atomic mass is 35.5. The number of H-pyrrole nitrogens is 1. The lowest BCUT2D eigenvalue weighted by Gasteiger charge is -2.05. The van der Waals surface area contributed by atoms with Crippen molar-refractivity contribution in [3.8, 4) is 17.1 Å². The zero-order valence-electron chi connectivity index (χ0n) is 13.2. The molecule has 0 atom stereocenters. The summed E-state index contributed by atoms with van der Waals surface area (Å²) in [6.07, 6.45) is 1.32. The molecule has 0 aliphatic rings. The minimum atomic E-state index is -0.467. The first kappa shape index (κ1) is 17.3. The Kier molecular flexibility index (Phi) is 5.25. The van der Waals surface area contributed by atoms with Crippen molar-refractivity contribution in [2.75, 3.05) is 6.61 Å². The highest BCUT2D eigenvalue weighted by Crippen LogP contribution is 2.23. The molecule has 25 heavy (non-hydrogen) atoms. The molecule has 3 rings (SSSR count). The molecule has 0 aliphatic heterocycles. The van der Waals surface area contributed by atoms with E-state index in [0.717, 1.165) is 5.56 Å². The SMILES string of the molecule is CCOc1cccc(-c2n[nH]c(=S)n2N=Cc2c(F)cccc2Cl)c1. The van der Waals surface area contributed by atoms with Gasteiger partial charge in [-0.3, -0.25) is 0 Å². The number of hydrogen-bond donors (Lipinski definition) is 1. The number of nitrogens with zero attached hydrogens (tertiary/aromatic N) is 3. The van der Waals surface area contributed by atoms with Gasteiger partial charge in [-0.2, -0.15) is 14.9 Å². The van der Waals surface area contributed by atoms with Crippen molar-refractivity contribution < 1.29 is 9.13 Å². The monoisotopic (exact) mass is 376 g/mol. The Bertz CT molecular complexity index is 963. The van der Waals surface area contributed by atoms with Crippen molar-refractivity contribution in [3.63, 3.8) is 0 Å². The molecule has 1 N–H and O–H groups in total. The normalized spacial score (nSPS) is 11.2. The zero-order valence-corrected chi connectivity index (χ0v) is 14.8. The molecule has 3 aromatic rings. The van der Waals surface area contributed by atoms with Crippen LogP contribution in [0, 0.1) is 10.6 Å². The smallest absolute Gasteiger partial charge is 0.216 e. The maximum absolute atomic E-state index is 13.9. The predicted octanol–water partition coefficient (Wildman–Crippen LogP) is 4.68. The molecular weight excluding hydrogens is 363 g/mol. The molecule has 1 heterocycles. The molecule has 0 saturated carbocycles. The average Bonchev–Trinajstić information content (AvgIpc) is 2.96. The van der Waals surface area contributed by atoms with Gasteiger partial charge in [-0.1, -0.05) is 29.8 Å².